The molecule has 2 heterocycles. The van der Waals surface area contributed by atoms with Crippen LogP contribution >= 0.6 is 0 Å². The highest BCUT2D eigenvalue weighted by Gasteiger charge is 2.27. The van der Waals surface area contributed by atoms with Crippen LogP contribution in [-0.2, 0) is 12.8 Å². The minimum Gasteiger partial charge on any atom is -0.461 e. The van der Waals surface area contributed by atoms with E-state index in [4.69, 9.17) is 4.42 Å². The Balaban J connectivity index is 1.61. The quantitative estimate of drug-likeness (QED) is 0.735. The monoisotopic (exact) mass is 363 g/mol. The van der Waals surface area contributed by atoms with Gasteiger partial charge in [-0.05, 0) is 56.3 Å². The highest BCUT2D eigenvalue weighted by atomic mass is 16.3. The molecule has 0 spiro atoms. The van der Waals surface area contributed by atoms with Gasteiger partial charge in [-0.1, -0.05) is 13.8 Å². The van der Waals surface area contributed by atoms with E-state index in [1.54, 1.807) is 24.5 Å². The fraction of sp³-hybridized carbons (Fsp3) is 0.364. The van der Waals surface area contributed by atoms with E-state index in [1.165, 1.54) is 5.56 Å². The van der Waals surface area contributed by atoms with Gasteiger partial charge >= 0.3 is 0 Å². The first-order valence-corrected chi connectivity index (χ1v) is 9.69. The Morgan fingerprint density at radius 3 is 2.74 bits per heavy atom. The van der Waals surface area contributed by atoms with Crippen LogP contribution in [0.15, 0.2) is 47.1 Å². The van der Waals surface area contributed by atoms with E-state index >= 15 is 0 Å². The van der Waals surface area contributed by atoms with Crippen LogP contribution in [0.25, 0.3) is 11.0 Å². The molecule has 0 radical (unpaired) electrons. The second-order valence-corrected chi connectivity index (χ2v) is 7.02. The normalized spacial score (nSPS) is 16.5. The van der Waals surface area contributed by atoms with E-state index in [0.717, 1.165) is 54.8 Å². The molecule has 140 valence electrons. The fourth-order valence-electron chi connectivity index (χ4n) is 4.10. The van der Waals surface area contributed by atoms with Gasteiger partial charge in [-0.25, -0.2) is 0 Å². The average molecular weight is 363 g/mol. The number of nitrogens with zero attached hydrogens (tertiary/aromatic N) is 2. The number of rotatable bonds is 5. The first-order chi connectivity index (χ1) is 13.2. The summed E-state index contributed by atoms with van der Waals surface area (Å²) in [4.78, 5) is 18.9. The summed E-state index contributed by atoms with van der Waals surface area (Å²) < 4.78 is 6.09. The van der Waals surface area contributed by atoms with Gasteiger partial charge in [0.15, 0.2) is 0 Å². The average Bonchev–Trinajstić information content (AvgIpc) is 3.07. The summed E-state index contributed by atoms with van der Waals surface area (Å²) in [5.41, 5.74) is 3.59. The van der Waals surface area contributed by atoms with Crippen molar-refractivity contribution in [3.63, 3.8) is 0 Å². The smallest absolute Gasteiger partial charge is 0.255 e. The van der Waals surface area contributed by atoms with Gasteiger partial charge in [0, 0.05) is 47.1 Å². The maximum Gasteiger partial charge on any atom is 0.255 e. The second-order valence-electron chi connectivity index (χ2n) is 7.02. The second kappa shape index (κ2) is 7.53. The molecule has 4 rings (SSSR count). The summed E-state index contributed by atoms with van der Waals surface area (Å²) in [7, 11) is 0. The van der Waals surface area contributed by atoms with Crippen molar-refractivity contribution in [3.05, 3.63) is 59.6 Å². The summed E-state index contributed by atoms with van der Waals surface area (Å²) in [6, 6.07) is 9.88. The lowest BCUT2D eigenvalue weighted by molar-refractivity contribution is 0.102. The molecule has 0 saturated carbocycles. The predicted octanol–water partition coefficient (Wildman–Crippen LogP) is 4.28. The van der Waals surface area contributed by atoms with Gasteiger partial charge in [0.25, 0.3) is 5.91 Å². The number of benzene rings is 1. The summed E-state index contributed by atoms with van der Waals surface area (Å²) in [6.07, 6.45) is 6.37. The molecule has 1 N–H and O–H groups in total. The number of pyridine rings is 1. The molecular weight excluding hydrogens is 338 g/mol. The Morgan fingerprint density at radius 1 is 1.22 bits per heavy atom. The standard InChI is InChI=1S/C22H25N3O2/c1-3-25(4-2)17-6-8-21-19(14-17)18-13-16(5-7-20(18)27-21)24-22(26)15-9-11-23-12-10-15/h5,7,9-13,17H,3-4,6,8,14H2,1-2H3,(H,24,26). The van der Waals surface area contributed by atoms with E-state index in [0.29, 0.717) is 11.6 Å². The van der Waals surface area contributed by atoms with Crippen molar-refractivity contribution in [2.24, 2.45) is 0 Å². The number of aryl methyl sites for hydroxylation is 1. The first kappa shape index (κ1) is 17.7. The molecule has 1 unspecified atom stereocenters. The lowest BCUT2D eigenvalue weighted by Crippen LogP contribution is -2.38. The molecule has 0 fully saturated rings. The number of carbonyl (C=O) groups is 1. The van der Waals surface area contributed by atoms with Crippen LogP contribution in [0.1, 0.15) is 41.9 Å². The molecule has 5 heteroatoms. The third-order valence-electron chi connectivity index (χ3n) is 5.55. The molecule has 2 aromatic heterocycles. The zero-order valence-electron chi connectivity index (χ0n) is 15.9. The number of carbonyl (C=O) groups excluding carboxylic acids is 1. The SMILES string of the molecule is CCN(CC)C1CCc2oc3ccc(NC(=O)c4ccncc4)cc3c2C1. The highest BCUT2D eigenvalue weighted by Crippen LogP contribution is 2.35. The van der Waals surface area contributed by atoms with Crippen LogP contribution in [0.4, 0.5) is 5.69 Å². The lowest BCUT2D eigenvalue weighted by Gasteiger charge is -2.32. The van der Waals surface area contributed by atoms with Crippen molar-refractivity contribution >= 4 is 22.6 Å². The van der Waals surface area contributed by atoms with E-state index in [2.05, 4.69) is 29.0 Å². The number of hydrogen-bond acceptors (Lipinski definition) is 4. The Labute approximate surface area is 159 Å². The molecule has 27 heavy (non-hydrogen) atoms. The Bertz CT molecular complexity index is 945. The number of furan rings is 1. The van der Waals surface area contributed by atoms with E-state index in [9.17, 15) is 4.79 Å². The molecule has 0 aliphatic heterocycles. The fourth-order valence-corrected chi connectivity index (χ4v) is 4.10. The van der Waals surface area contributed by atoms with Crippen molar-refractivity contribution in [3.8, 4) is 0 Å². The number of hydrogen-bond donors (Lipinski definition) is 1. The minimum atomic E-state index is -0.130. The van der Waals surface area contributed by atoms with Crippen LogP contribution in [0.5, 0.6) is 0 Å². The van der Waals surface area contributed by atoms with Crippen molar-refractivity contribution in [2.45, 2.75) is 39.2 Å². The number of nitrogens with one attached hydrogen (secondary N) is 1. The maximum atomic E-state index is 12.4. The van der Waals surface area contributed by atoms with Crippen molar-refractivity contribution < 1.29 is 9.21 Å². The molecule has 0 saturated heterocycles. The maximum absolute atomic E-state index is 12.4. The number of aromatic nitrogens is 1. The van der Waals surface area contributed by atoms with Gasteiger partial charge < -0.3 is 14.6 Å². The van der Waals surface area contributed by atoms with Crippen LogP contribution in [0.3, 0.4) is 0 Å². The molecule has 1 atom stereocenters. The van der Waals surface area contributed by atoms with Crippen molar-refractivity contribution in [1.82, 2.24) is 9.88 Å². The molecule has 5 nitrogen and oxygen atoms in total. The lowest BCUT2D eigenvalue weighted by atomic mass is 9.90. The Kier molecular flexibility index (Phi) is 4.94. The van der Waals surface area contributed by atoms with Crippen molar-refractivity contribution in [2.75, 3.05) is 18.4 Å². The molecular formula is C22H25N3O2. The number of anilines is 1. The molecule has 1 aliphatic rings. The van der Waals surface area contributed by atoms with Crippen LogP contribution in [-0.4, -0.2) is 34.9 Å². The topological polar surface area (TPSA) is 58.4 Å². The van der Waals surface area contributed by atoms with Crippen molar-refractivity contribution in [1.29, 1.82) is 0 Å². The summed E-state index contributed by atoms with van der Waals surface area (Å²) in [5, 5.41) is 4.10. The first-order valence-electron chi connectivity index (χ1n) is 9.69. The van der Waals surface area contributed by atoms with Crippen LogP contribution < -0.4 is 5.32 Å². The minimum absolute atomic E-state index is 0.130. The molecule has 1 amide bonds. The highest BCUT2D eigenvalue weighted by molar-refractivity contribution is 6.05. The summed E-state index contributed by atoms with van der Waals surface area (Å²) in [6.45, 7) is 6.58. The zero-order chi connectivity index (χ0) is 18.8. The van der Waals surface area contributed by atoms with E-state index in [1.807, 2.05) is 18.2 Å². The van der Waals surface area contributed by atoms with Gasteiger partial charge in [-0.15, -0.1) is 0 Å². The molecule has 1 aromatic carbocycles. The molecule has 3 aromatic rings. The largest absolute Gasteiger partial charge is 0.461 e. The number of fused-ring (bicyclic) bond motifs is 3. The molecule has 1 aliphatic carbocycles. The third kappa shape index (κ3) is 3.47. The number of amides is 1. The van der Waals surface area contributed by atoms with E-state index in [-0.39, 0.29) is 5.91 Å². The Morgan fingerprint density at radius 2 is 2.00 bits per heavy atom. The van der Waals surface area contributed by atoms with Crippen LogP contribution in [0, 0.1) is 0 Å². The van der Waals surface area contributed by atoms with Gasteiger partial charge in [-0.2, -0.15) is 0 Å². The zero-order valence-corrected chi connectivity index (χ0v) is 15.9. The Hall–Kier alpha value is -2.66. The molecule has 0 bridgehead atoms. The van der Waals surface area contributed by atoms with Gasteiger partial charge in [0.2, 0.25) is 0 Å². The predicted molar refractivity (Wildman–Crippen MR) is 107 cm³/mol. The van der Waals surface area contributed by atoms with Gasteiger partial charge in [-0.3, -0.25) is 9.78 Å². The van der Waals surface area contributed by atoms with Gasteiger partial charge in [0.1, 0.15) is 11.3 Å². The number of likely N-dealkylation sites (N-methyl/N-ethyl adjacent to an activating group) is 1. The van der Waals surface area contributed by atoms with E-state index < -0.39 is 0 Å². The summed E-state index contributed by atoms with van der Waals surface area (Å²) in [5.74, 6) is 0.973. The van der Waals surface area contributed by atoms with Gasteiger partial charge in [0.05, 0.1) is 0 Å². The summed E-state index contributed by atoms with van der Waals surface area (Å²) >= 11 is 0. The van der Waals surface area contributed by atoms with Crippen LogP contribution in [0.2, 0.25) is 0 Å². The third-order valence-corrected chi connectivity index (χ3v) is 5.55.